The van der Waals surface area contributed by atoms with E-state index in [1.165, 1.54) is 0 Å². The van der Waals surface area contributed by atoms with Crippen LogP contribution >= 0.6 is 0 Å². The van der Waals surface area contributed by atoms with Crippen molar-refractivity contribution in [3.05, 3.63) is 0 Å². The normalized spacial score (nSPS) is 0. The second-order valence-corrected chi connectivity index (χ2v) is 0. The van der Waals surface area contributed by atoms with Gasteiger partial charge < -0.3 is 11.0 Å². The van der Waals surface area contributed by atoms with Gasteiger partial charge in [0.2, 0.25) is 0 Å². The van der Waals surface area contributed by atoms with Gasteiger partial charge in [0.05, 0.1) is 0 Å². The summed E-state index contributed by atoms with van der Waals surface area (Å²) in [5, 5.41) is 0. The summed E-state index contributed by atoms with van der Waals surface area (Å²) in [6.45, 7) is 0. The van der Waals surface area contributed by atoms with Crippen LogP contribution in [0.25, 0.3) is 0 Å². The molecule has 0 heterocycles. The minimum atomic E-state index is 0. The third-order valence-corrected chi connectivity index (χ3v) is 0. The van der Waals surface area contributed by atoms with Crippen molar-refractivity contribution in [2.75, 3.05) is 0 Å². The molecule has 0 aromatic carbocycles. The third-order valence-electron chi connectivity index (χ3n) is 0. The molecule has 0 saturated carbocycles. The van der Waals surface area contributed by atoms with E-state index in [2.05, 4.69) is 0 Å². The molecule has 0 aliphatic carbocycles. The molecule has 0 radical (unpaired) electrons. The fraction of sp³-hybridized carbons (Fsp3) is 0. The average Bonchev–Trinajstić information content (AvgIpc) is 0. The SMILES string of the molecule is O.O.[AlH3].[Hf]. The molecule has 0 aliphatic heterocycles. The molecule has 4 heteroatoms. The van der Waals surface area contributed by atoms with Crippen LogP contribution in [-0.4, -0.2) is 28.3 Å². The van der Waals surface area contributed by atoms with E-state index < -0.39 is 0 Å². The van der Waals surface area contributed by atoms with E-state index in [-0.39, 0.29) is 54.2 Å². The summed E-state index contributed by atoms with van der Waals surface area (Å²) in [5.41, 5.74) is 0. The first-order valence-electron chi connectivity index (χ1n) is 0. The molecule has 0 aromatic heterocycles. The molecule has 0 amide bonds. The molecule has 0 fully saturated rings. The van der Waals surface area contributed by atoms with Gasteiger partial charge in [-0.15, -0.1) is 0 Å². The first-order valence-corrected chi connectivity index (χ1v) is 0. The van der Waals surface area contributed by atoms with Crippen LogP contribution in [0.1, 0.15) is 0 Å². The van der Waals surface area contributed by atoms with Crippen molar-refractivity contribution in [2.45, 2.75) is 0 Å². The Bertz CT molecular complexity index is 6.00. The molecule has 0 rings (SSSR count). The maximum Gasteiger partial charge on any atom is 0.187 e. The molecule has 0 saturated heterocycles. The van der Waals surface area contributed by atoms with Crippen molar-refractivity contribution >= 4 is 17.4 Å². The molecule has 0 aromatic rings. The zero-order valence-electron chi connectivity index (χ0n) is 1.50. The molecular weight excluding hydrogens is 237 g/mol. The fourth-order valence-electron chi connectivity index (χ4n) is 0. The third kappa shape index (κ3) is 10.2. The van der Waals surface area contributed by atoms with Gasteiger partial charge in [-0.25, -0.2) is 0 Å². The van der Waals surface area contributed by atoms with Gasteiger partial charge in [0.15, 0.2) is 17.4 Å². The first kappa shape index (κ1) is 56.9. The molecule has 0 aliphatic rings. The largest absolute Gasteiger partial charge is 0.412 e. The molecule has 0 unspecified atom stereocenters. The molecule has 0 atom stereocenters. The van der Waals surface area contributed by atoms with E-state index in [9.17, 15) is 0 Å². The predicted molar refractivity (Wildman–Crippen MR) is 17.2 cm³/mol. The van der Waals surface area contributed by atoms with Crippen molar-refractivity contribution in [2.24, 2.45) is 0 Å². The quantitative estimate of drug-likeness (QED) is 0.412. The van der Waals surface area contributed by atoms with Gasteiger partial charge in [-0.3, -0.25) is 0 Å². The van der Waals surface area contributed by atoms with Crippen LogP contribution in [0, 0.1) is 0 Å². The van der Waals surface area contributed by atoms with Crippen molar-refractivity contribution in [3.63, 3.8) is 0 Å². The zero-order valence-corrected chi connectivity index (χ0v) is 5.09. The minimum absolute atomic E-state index is 0. The van der Waals surface area contributed by atoms with Crippen LogP contribution in [0.4, 0.5) is 0 Å². The monoisotopic (exact) mass is 246 g/mol. The Morgan fingerprint density at radius 2 is 0.750 bits per heavy atom. The standard InChI is InChI=1S/Al.Hf.2H2O.3H/h;;2*1H2;;;. The van der Waals surface area contributed by atoms with Gasteiger partial charge >= 0.3 is 0 Å². The van der Waals surface area contributed by atoms with Crippen LogP contribution in [0.3, 0.4) is 0 Å². The van der Waals surface area contributed by atoms with Crippen LogP contribution < -0.4 is 0 Å². The van der Waals surface area contributed by atoms with Gasteiger partial charge in [0.1, 0.15) is 0 Å². The van der Waals surface area contributed by atoms with Gasteiger partial charge in [-0.1, -0.05) is 0 Å². The smallest absolute Gasteiger partial charge is 0.187 e. The molecule has 26 valence electrons. The van der Waals surface area contributed by atoms with E-state index in [1.807, 2.05) is 0 Å². The number of hydrogen-bond donors (Lipinski definition) is 0. The maximum atomic E-state index is 0. The summed E-state index contributed by atoms with van der Waals surface area (Å²) in [6, 6.07) is 0. The molecule has 0 spiro atoms. The summed E-state index contributed by atoms with van der Waals surface area (Å²) < 4.78 is 0. The Hall–Kier alpha value is 1.32. The second-order valence-electron chi connectivity index (χ2n) is 0. The Morgan fingerprint density at radius 1 is 0.750 bits per heavy atom. The van der Waals surface area contributed by atoms with Crippen LogP contribution in [0.5, 0.6) is 0 Å². The minimum Gasteiger partial charge on any atom is -0.412 e. The van der Waals surface area contributed by atoms with Crippen LogP contribution in [0.15, 0.2) is 0 Å². The molecule has 2 nitrogen and oxygen atoms in total. The van der Waals surface area contributed by atoms with Crippen molar-refractivity contribution in [3.8, 4) is 0 Å². The first-order chi connectivity index (χ1) is 0. The van der Waals surface area contributed by atoms with E-state index in [0.29, 0.717) is 0 Å². The van der Waals surface area contributed by atoms with Crippen molar-refractivity contribution in [1.82, 2.24) is 0 Å². The average molecular weight is 245 g/mol. The summed E-state index contributed by atoms with van der Waals surface area (Å²) in [5.74, 6) is 0. The zero-order chi connectivity index (χ0) is 0. The topological polar surface area (TPSA) is 63.0 Å². The van der Waals surface area contributed by atoms with Crippen LogP contribution in [-0.2, 0) is 25.8 Å². The molecule has 4 N–H and O–H groups in total. The molecular formula is H7AlHfO2. The molecule has 4 heavy (non-hydrogen) atoms. The van der Waals surface area contributed by atoms with Crippen LogP contribution in [0.2, 0.25) is 0 Å². The summed E-state index contributed by atoms with van der Waals surface area (Å²) in [6.07, 6.45) is 0. The predicted octanol–water partition coefficient (Wildman–Crippen LogP) is -2.84. The number of rotatable bonds is 0. The Balaban J connectivity index is 0. The second kappa shape index (κ2) is 27.3. The maximum absolute atomic E-state index is 0. The van der Waals surface area contributed by atoms with Gasteiger partial charge in [-0.05, 0) is 0 Å². The van der Waals surface area contributed by atoms with Crippen molar-refractivity contribution < 1.29 is 36.8 Å². The summed E-state index contributed by atoms with van der Waals surface area (Å²) in [7, 11) is 0. The van der Waals surface area contributed by atoms with Gasteiger partial charge in [0, 0.05) is 25.8 Å². The summed E-state index contributed by atoms with van der Waals surface area (Å²) in [4.78, 5) is 0. The Morgan fingerprint density at radius 3 is 0.750 bits per heavy atom. The number of hydrogen-bond acceptors (Lipinski definition) is 0. The van der Waals surface area contributed by atoms with Gasteiger partial charge in [-0.2, -0.15) is 0 Å². The van der Waals surface area contributed by atoms with Crippen molar-refractivity contribution in [1.29, 1.82) is 0 Å². The van der Waals surface area contributed by atoms with E-state index in [0.717, 1.165) is 0 Å². The van der Waals surface area contributed by atoms with E-state index in [4.69, 9.17) is 0 Å². The Labute approximate surface area is 54.1 Å². The van der Waals surface area contributed by atoms with E-state index in [1.54, 1.807) is 0 Å². The van der Waals surface area contributed by atoms with E-state index >= 15 is 0 Å². The fourth-order valence-corrected chi connectivity index (χ4v) is 0. The van der Waals surface area contributed by atoms with Gasteiger partial charge in [0.25, 0.3) is 0 Å². The Kier molecular flexibility index (Phi) is 388. The summed E-state index contributed by atoms with van der Waals surface area (Å²) >= 11 is 0. The molecule has 0 bridgehead atoms.